The van der Waals surface area contributed by atoms with Crippen LogP contribution in [0.4, 0.5) is 11.8 Å². The number of hydrogen-bond acceptors (Lipinski definition) is 5. The maximum Gasteiger partial charge on any atom is 0.227 e. The largest absolute Gasteiger partial charge is 0.353 e. The predicted octanol–water partition coefficient (Wildman–Crippen LogP) is 1.38. The monoisotopic (exact) mass is 303 g/mol. The molecule has 0 N–H and O–H groups in total. The highest BCUT2D eigenvalue weighted by atomic mass is 16.2. The highest BCUT2D eigenvalue weighted by molar-refractivity contribution is 5.78. The highest BCUT2D eigenvalue weighted by Crippen LogP contribution is 2.20. The van der Waals surface area contributed by atoms with E-state index < -0.39 is 0 Å². The van der Waals surface area contributed by atoms with Crippen LogP contribution in [0.3, 0.4) is 0 Å². The standard InChI is InChI=1S/C16H25N5O/c1-13(2)15(22)20-11-9-19(10-12-20)14-5-6-17-16(18-14)21-7-3-4-8-21/h5-6,13H,3-4,7-12H2,1-2H3. The van der Waals surface area contributed by atoms with E-state index in [1.807, 2.05) is 31.0 Å². The second-order valence-electron chi connectivity index (χ2n) is 6.38. The molecular weight excluding hydrogens is 278 g/mol. The molecule has 3 rings (SSSR count). The molecule has 22 heavy (non-hydrogen) atoms. The number of anilines is 2. The molecule has 0 atom stereocenters. The van der Waals surface area contributed by atoms with Crippen molar-refractivity contribution in [1.82, 2.24) is 14.9 Å². The zero-order valence-electron chi connectivity index (χ0n) is 13.5. The van der Waals surface area contributed by atoms with Crippen LogP contribution in [0.1, 0.15) is 26.7 Å². The lowest BCUT2D eigenvalue weighted by atomic mass is 10.1. The second-order valence-corrected chi connectivity index (χ2v) is 6.38. The van der Waals surface area contributed by atoms with Gasteiger partial charge in [-0.3, -0.25) is 4.79 Å². The number of carbonyl (C=O) groups excluding carboxylic acids is 1. The van der Waals surface area contributed by atoms with Gasteiger partial charge in [-0.15, -0.1) is 0 Å². The van der Waals surface area contributed by atoms with Gasteiger partial charge < -0.3 is 14.7 Å². The van der Waals surface area contributed by atoms with Gasteiger partial charge in [0.2, 0.25) is 11.9 Å². The molecule has 2 aliphatic heterocycles. The van der Waals surface area contributed by atoms with Crippen molar-refractivity contribution in [3.05, 3.63) is 12.3 Å². The maximum atomic E-state index is 12.0. The van der Waals surface area contributed by atoms with Gasteiger partial charge in [0.15, 0.2) is 0 Å². The van der Waals surface area contributed by atoms with Crippen LogP contribution in [-0.2, 0) is 4.79 Å². The molecule has 0 spiro atoms. The molecule has 1 amide bonds. The fourth-order valence-electron chi connectivity index (χ4n) is 3.11. The van der Waals surface area contributed by atoms with Gasteiger partial charge in [-0.2, -0.15) is 4.98 Å². The van der Waals surface area contributed by atoms with E-state index in [4.69, 9.17) is 4.98 Å². The van der Waals surface area contributed by atoms with Crippen molar-refractivity contribution >= 4 is 17.7 Å². The molecule has 0 bridgehead atoms. The molecule has 2 fully saturated rings. The number of amides is 1. The zero-order chi connectivity index (χ0) is 15.5. The smallest absolute Gasteiger partial charge is 0.227 e. The van der Waals surface area contributed by atoms with E-state index in [-0.39, 0.29) is 11.8 Å². The molecule has 1 aromatic rings. The number of piperazine rings is 1. The summed E-state index contributed by atoms with van der Waals surface area (Å²) in [5.41, 5.74) is 0. The molecule has 6 nitrogen and oxygen atoms in total. The van der Waals surface area contributed by atoms with Crippen LogP contribution in [0.25, 0.3) is 0 Å². The zero-order valence-corrected chi connectivity index (χ0v) is 13.5. The Hall–Kier alpha value is -1.85. The van der Waals surface area contributed by atoms with Crippen LogP contribution in [-0.4, -0.2) is 60.0 Å². The molecule has 0 saturated carbocycles. The first kappa shape index (κ1) is 15.1. The van der Waals surface area contributed by atoms with Crippen LogP contribution < -0.4 is 9.80 Å². The highest BCUT2D eigenvalue weighted by Gasteiger charge is 2.24. The van der Waals surface area contributed by atoms with Crippen molar-refractivity contribution in [3.8, 4) is 0 Å². The van der Waals surface area contributed by atoms with Gasteiger partial charge >= 0.3 is 0 Å². The lowest BCUT2D eigenvalue weighted by Crippen LogP contribution is -2.50. The number of aromatic nitrogens is 2. The van der Waals surface area contributed by atoms with Crippen molar-refractivity contribution in [1.29, 1.82) is 0 Å². The van der Waals surface area contributed by atoms with Gasteiger partial charge in [0.25, 0.3) is 0 Å². The molecule has 6 heteroatoms. The van der Waals surface area contributed by atoms with E-state index in [0.717, 1.165) is 51.0 Å². The van der Waals surface area contributed by atoms with Crippen molar-refractivity contribution in [2.24, 2.45) is 5.92 Å². The number of rotatable bonds is 3. The molecule has 2 aliphatic rings. The Morgan fingerprint density at radius 3 is 2.36 bits per heavy atom. The van der Waals surface area contributed by atoms with Crippen molar-refractivity contribution in [3.63, 3.8) is 0 Å². The summed E-state index contributed by atoms with van der Waals surface area (Å²) in [5, 5.41) is 0. The minimum atomic E-state index is 0.0763. The van der Waals surface area contributed by atoms with Crippen LogP contribution in [0.5, 0.6) is 0 Å². The van der Waals surface area contributed by atoms with E-state index >= 15 is 0 Å². The Labute approximate surface area is 132 Å². The van der Waals surface area contributed by atoms with Crippen LogP contribution in [0.15, 0.2) is 12.3 Å². The van der Waals surface area contributed by atoms with Gasteiger partial charge in [-0.1, -0.05) is 13.8 Å². The predicted molar refractivity (Wildman–Crippen MR) is 87.1 cm³/mol. The van der Waals surface area contributed by atoms with Gasteiger partial charge in [0, 0.05) is 51.4 Å². The lowest BCUT2D eigenvalue weighted by molar-refractivity contribution is -0.134. The van der Waals surface area contributed by atoms with Crippen molar-refractivity contribution in [2.45, 2.75) is 26.7 Å². The molecule has 1 aromatic heterocycles. The fraction of sp³-hybridized carbons (Fsp3) is 0.688. The van der Waals surface area contributed by atoms with Crippen LogP contribution in [0, 0.1) is 5.92 Å². The molecule has 0 aliphatic carbocycles. The van der Waals surface area contributed by atoms with Crippen molar-refractivity contribution < 1.29 is 4.79 Å². The number of carbonyl (C=O) groups is 1. The first-order valence-corrected chi connectivity index (χ1v) is 8.27. The van der Waals surface area contributed by atoms with Crippen LogP contribution in [0.2, 0.25) is 0 Å². The summed E-state index contributed by atoms with van der Waals surface area (Å²) in [5.74, 6) is 2.15. The van der Waals surface area contributed by atoms with Crippen molar-refractivity contribution in [2.75, 3.05) is 49.1 Å². The van der Waals surface area contributed by atoms with E-state index in [0.29, 0.717) is 0 Å². The second kappa shape index (κ2) is 6.50. The van der Waals surface area contributed by atoms with E-state index in [1.165, 1.54) is 12.8 Å². The van der Waals surface area contributed by atoms with Gasteiger partial charge in [-0.25, -0.2) is 4.98 Å². The minimum absolute atomic E-state index is 0.0763. The normalized spacial score (nSPS) is 19.1. The van der Waals surface area contributed by atoms with E-state index in [9.17, 15) is 4.79 Å². The summed E-state index contributed by atoms with van der Waals surface area (Å²) in [6.45, 7) is 9.27. The van der Waals surface area contributed by atoms with Gasteiger partial charge in [0.05, 0.1) is 0 Å². The SMILES string of the molecule is CC(C)C(=O)N1CCN(c2ccnc(N3CCCC3)n2)CC1. The third-order valence-electron chi connectivity index (χ3n) is 4.43. The van der Waals surface area contributed by atoms with E-state index in [2.05, 4.69) is 14.8 Å². The summed E-state index contributed by atoms with van der Waals surface area (Å²) in [6, 6.07) is 1.97. The Morgan fingerprint density at radius 2 is 1.73 bits per heavy atom. The van der Waals surface area contributed by atoms with Gasteiger partial charge in [-0.05, 0) is 18.9 Å². The topological polar surface area (TPSA) is 52.6 Å². The third kappa shape index (κ3) is 3.15. The van der Waals surface area contributed by atoms with E-state index in [1.54, 1.807) is 0 Å². The Morgan fingerprint density at radius 1 is 1.05 bits per heavy atom. The molecule has 0 radical (unpaired) electrons. The minimum Gasteiger partial charge on any atom is -0.353 e. The van der Waals surface area contributed by atoms with Crippen LogP contribution >= 0.6 is 0 Å². The first-order chi connectivity index (χ1) is 10.6. The lowest BCUT2D eigenvalue weighted by Gasteiger charge is -2.36. The molecule has 120 valence electrons. The Bertz CT molecular complexity index is 519. The Balaban J connectivity index is 1.63. The number of nitrogens with zero attached hydrogens (tertiary/aromatic N) is 5. The fourth-order valence-corrected chi connectivity index (χ4v) is 3.11. The quantitative estimate of drug-likeness (QED) is 0.844. The van der Waals surface area contributed by atoms with Gasteiger partial charge in [0.1, 0.15) is 5.82 Å². The summed E-state index contributed by atoms with van der Waals surface area (Å²) in [7, 11) is 0. The summed E-state index contributed by atoms with van der Waals surface area (Å²) < 4.78 is 0. The average molecular weight is 303 g/mol. The molecule has 0 aromatic carbocycles. The maximum absolute atomic E-state index is 12.0. The number of hydrogen-bond donors (Lipinski definition) is 0. The molecule has 2 saturated heterocycles. The Kier molecular flexibility index (Phi) is 4.45. The molecular formula is C16H25N5O. The summed E-state index contributed by atoms with van der Waals surface area (Å²) in [6.07, 6.45) is 4.30. The third-order valence-corrected chi connectivity index (χ3v) is 4.43. The summed E-state index contributed by atoms with van der Waals surface area (Å²) in [4.78, 5) is 27.6. The first-order valence-electron chi connectivity index (χ1n) is 8.27. The molecule has 0 unspecified atom stereocenters. The average Bonchev–Trinajstić information content (AvgIpc) is 3.09. The molecule has 3 heterocycles. The summed E-state index contributed by atoms with van der Waals surface area (Å²) >= 11 is 0.